The summed E-state index contributed by atoms with van der Waals surface area (Å²) in [6.07, 6.45) is 5.83. The first-order valence-electron chi connectivity index (χ1n) is 6.34. The van der Waals surface area contributed by atoms with E-state index >= 15 is 0 Å². The van der Waals surface area contributed by atoms with E-state index in [9.17, 15) is 0 Å². The molecule has 0 fully saturated rings. The van der Waals surface area contributed by atoms with Gasteiger partial charge in [-0.2, -0.15) is 0 Å². The summed E-state index contributed by atoms with van der Waals surface area (Å²) >= 11 is 0. The molecule has 96 valence electrons. The molecule has 0 unspecified atom stereocenters. The molecule has 4 heteroatoms. The van der Waals surface area contributed by atoms with Gasteiger partial charge in [0.05, 0.1) is 0 Å². The van der Waals surface area contributed by atoms with Crippen molar-refractivity contribution in [1.82, 2.24) is 0 Å². The minimum atomic E-state index is -1.78. The Bertz CT molecular complexity index is 390. The van der Waals surface area contributed by atoms with Gasteiger partial charge in [-0.15, -0.1) is 0 Å². The van der Waals surface area contributed by atoms with E-state index < -0.39 is 7.32 Å². The predicted molar refractivity (Wildman–Crippen MR) is 72.9 cm³/mol. The second kappa shape index (κ2) is 8.63. The van der Waals surface area contributed by atoms with Crippen LogP contribution in [0.15, 0.2) is 24.3 Å². The van der Waals surface area contributed by atoms with Crippen molar-refractivity contribution < 1.29 is 14.7 Å². The van der Waals surface area contributed by atoms with Gasteiger partial charge in [-0.3, -0.25) is 0 Å². The average molecular weight is 246 g/mol. The van der Waals surface area contributed by atoms with E-state index in [2.05, 4.69) is 18.8 Å². The lowest BCUT2D eigenvalue weighted by Crippen LogP contribution is -2.20. The van der Waals surface area contributed by atoms with Crippen molar-refractivity contribution in [2.24, 2.45) is 0 Å². The summed E-state index contributed by atoms with van der Waals surface area (Å²) in [6.45, 7) is 2.19. The van der Waals surface area contributed by atoms with Gasteiger partial charge in [-0.25, -0.2) is 0 Å². The van der Waals surface area contributed by atoms with E-state index in [0.29, 0.717) is 5.75 Å². The van der Waals surface area contributed by atoms with Crippen LogP contribution >= 0.6 is 0 Å². The number of unbranched alkanes of at least 4 members (excludes halogenated alkanes) is 4. The Morgan fingerprint density at radius 1 is 1.11 bits per heavy atom. The van der Waals surface area contributed by atoms with Gasteiger partial charge in [0.25, 0.3) is 0 Å². The first-order chi connectivity index (χ1) is 8.72. The third-order valence-electron chi connectivity index (χ3n) is 2.48. The summed E-state index contributed by atoms with van der Waals surface area (Å²) in [5.74, 6) is 6.62. The molecule has 0 heterocycles. The molecular weight excluding hydrogens is 227 g/mol. The molecule has 1 aromatic carbocycles. The maximum absolute atomic E-state index is 8.62. The molecule has 3 nitrogen and oxygen atoms in total. The Labute approximate surface area is 109 Å². The molecule has 0 spiro atoms. The second-order valence-electron chi connectivity index (χ2n) is 4.08. The lowest BCUT2D eigenvalue weighted by atomic mass is 10.1. The Morgan fingerprint density at radius 3 is 2.44 bits per heavy atom. The Balaban J connectivity index is 2.36. The SMILES string of the molecule is CCCCCCC#Cc1ccc(OB(O)O)cc1. The predicted octanol–water partition coefficient (Wildman–Crippen LogP) is 2.36. The maximum atomic E-state index is 8.62. The summed E-state index contributed by atoms with van der Waals surface area (Å²) in [7, 11) is -1.78. The maximum Gasteiger partial charge on any atom is 0.707 e. The van der Waals surface area contributed by atoms with Gasteiger partial charge in [0.2, 0.25) is 0 Å². The summed E-state index contributed by atoms with van der Waals surface area (Å²) in [5, 5.41) is 17.2. The number of hydrogen-bond donors (Lipinski definition) is 2. The lowest BCUT2D eigenvalue weighted by molar-refractivity contribution is 0.288. The van der Waals surface area contributed by atoms with Gasteiger partial charge in [0, 0.05) is 12.0 Å². The molecule has 0 aliphatic carbocycles. The van der Waals surface area contributed by atoms with E-state index in [1.165, 1.54) is 19.3 Å². The standard InChI is InChI=1S/C14H19BO3/c1-2-3-4-5-6-7-8-13-9-11-14(12-10-13)18-15(16)17/h9-12,16-17H,2-6H2,1H3. The average Bonchev–Trinajstić information content (AvgIpc) is 2.35. The monoisotopic (exact) mass is 246 g/mol. The van der Waals surface area contributed by atoms with Crippen LogP contribution in [-0.4, -0.2) is 17.4 Å². The van der Waals surface area contributed by atoms with Crippen LogP contribution < -0.4 is 4.65 Å². The fourth-order valence-corrected chi connectivity index (χ4v) is 1.54. The molecule has 0 radical (unpaired) electrons. The zero-order chi connectivity index (χ0) is 13.2. The van der Waals surface area contributed by atoms with Crippen LogP contribution in [0.5, 0.6) is 5.75 Å². The molecule has 0 amide bonds. The molecule has 0 saturated carbocycles. The van der Waals surface area contributed by atoms with Gasteiger partial charge >= 0.3 is 7.32 Å². The van der Waals surface area contributed by atoms with Crippen molar-refractivity contribution in [3.05, 3.63) is 29.8 Å². The smallest absolute Gasteiger partial charge is 0.512 e. The lowest BCUT2D eigenvalue weighted by Gasteiger charge is -2.03. The van der Waals surface area contributed by atoms with Crippen molar-refractivity contribution in [3.63, 3.8) is 0 Å². The summed E-state index contributed by atoms with van der Waals surface area (Å²) < 4.78 is 4.70. The van der Waals surface area contributed by atoms with Gasteiger partial charge in [-0.1, -0.05) is 38.0 Å². The Morgan fingerprint density at radius 2 is 1.83 bits per heavy atom. The van der Waals surface area contributed by atoms with Crippen LogP contribution in [0.4, 0.5) is 0 Å². The fraction of sp³-hybridized carbons (Fsp3) is 0.429. The van der Waals surface area contributed by atoms with Gasteiger partial charge in [0.1, 0.15) is 5.75 Å². The highest BCUT2D eigenvalue weighted by molar-refractivity contribution is 6.33. The molecule has 0 atom stereocenters. The van der Waals surface area contributed by atoms with Crippen molar-refractivity contribution in [2.45, 2.75) is 39.0 Å². The number of rotatable bonds is 6. The van der Waals surface area contributed by atoms with Gasteiger partial charge < -0.3 is 14.7 Å². The largest absolute Gasteiger partial charge is 0.707 e. The van der Waals surface area contributed by atoms with E-state index in [1.807, 2.05) is 0 Å². The van der Waals surface area contributed by atoms with Crippen LogP contribution in [0.3, 0.4) is 0 Å². The molecule has 2 N–H and O–H groups in total. The molecule has 0 aliphatic heterocycles. The van der Waals surface area contributed by atoms with Crippen LogP contribution in [0, 0.1) is 11.8 Å². The molecule has 18 heavy (non-hydrogen) atoms. The fourth-order valence-electron chi connectivity index (χ4n) is 1.54. The molecule has 0 aromatic heterocycles. The molecular formula is C14H19BO3. The van der Waals surface area contributed by atoms with E-state index in [-0.39, 0.29) is 0 Å². The normalized spacial score (nSPS) is 9.50. The number of hydrogen-bond acceptors (Lipinski definition) is 3. The molecule has 0 aliphatic rings. The van der Waals surface area contributed by atoms with Crippen LogP contribution in [0.1, 0.15) is 44.6 Å². The third-order valence-corrected chi connectivity index (χ3v) is 2.48. The van der Waals surface area contributed by atoms with Gasteiger partial charge in [0.15, 0.2) is 0 Å². The quantitative estimate of drug-likeness (QED) is 0.460. The molecule has 0 bridgehead atoms. The Kier molecular flexibility index (Phi) is 7.01. The highest BCUT2D eigenvalue weighted by atomic mass is 16.6. The number of benzene rings is 1. The molecule has 0 saturated heterocycles. The van der Waals surface area contributed by atoms with E-state index in [0.717, 1.165) is 18.4 Å². The van der Waals surface area contributed by atoms with Crippen LogP contribution in [0.25, 0.3) is 0 Å². The zero-order valence-corrected chi connectivity index (χ0v) is 10.7. The molecule has 1 aromatic rings. The second-order valence-corrected chi connectivity index (χ2v) is 4.08. The van der Waals surface area contributed by atoms with Gasteiger partial charge in [-0.05, 0) is 30.7 Å². The van der Waals surface area contributed by atoms with E-state index in [1.54, 1.807) is 24.3 Å². The third kappa shape index (κ3) is 6.34. The first-order valence-corrected chi connectivity index (χ1v) is 6.34. The van der Waals surface area contributed by atoms with Crippen molar-refractivity contribution in [2.75, 3.05) is 0 Å². The highest BCUT2D eigenvalue weighted by Crippen LogP contribution is 2.11. The summed E-state index contributed by atoms with van der Waals surface area (Å²) in [6, 6.07) is 6.94. The first kappa shape index (κ1) is 14.6. The highest BCUT2D eigenvalue weighted by Gasteiger charge is 2.10. The minimum absolute atomic E-state index is 0.415. The Hall–Kier alpha value is -1.44. The van der Waals surface area contributed by atoms with Crippen LogP contribution in [0.2, 0.25) is 0 Å². The topological polar surface area (TPSA) is 49.7 Å². The summed E-state index contributed by atoms with van der Waals surface area (Å²) in [5.41, 5.74) is 0.908. The zero-order valence-electron chi connectivity index (χ0n) is 10.7. The van der Waals surface area contributed by atoms with Crippen LogP contribution in [-0.2, 0) is 0 Å². The molecule has 1 rings (SSSR count). The van der Waals surface area contributed by atoms with Crippen molar-refractivity contribution in [3.8, 4) is 17.6 Å². The van der Waals surface area contributed by atoms with Crippen molar-refractivity contribution >= 4 is 7.32 Å². The minimum Gasteiger partial charge on any atom is -0.512 e. The van der Waals surface area contributed by atoms with E-state index in [4.69, 9.17) is 14.7 Å². The van der Waals surface area contributed by atoms with Crippen molar-refractivity contribution in [1.29, 1.82) is 0 Å². The summed E-state index contributed by atoms with van der Waals surface area (Å²) in [4.78, 5) is 0.